The smallest absolute Gasteiger partial charge is 0.142 e. The maximum absolute atomic E-state index is 13.4. The molecule has 1 aromatic rings. The number of halogens is 2. The number of benzene rings is 1. The Bertz CT molecular complexity index is 440. The van der Waals surface area contributed by atoms with Crippen LogP contribution in [0.15, 0.2) is 18.2 Å². The molecule has 18 heavy (non-hydrogen) atoms. The molecule has 2 unspecified atom stereocenters. The number of hydrogen-bond donors (Lipinski definition) is 1. The Morgan fingerprint density at radius 1 is 1.56 bits per heavy atom. The lowest BCUT2D eigenvalue weighted by Gasteiger charge is -2.41. The summed E-state index contributed by atoms with van der Waals surface area (Å²) in [5.74, 6) is -0.418. The van der Waals surface area contributed by atoms with Gasteiger partial charge in [0.05, 0.1) is 10.6 Å². The largest absolute Gasteiger partial charge is 0.389 e. The molecule has 0 bridgehead atoms. The second kappa shape index (κ2) is 5.16. The minimum Gasteiger partial charge on any atom is -0.389 e. The molecule has 2 rings (SSSR count). The van der Waals surface area contributed by atoms with Crippen LogP contribution in [0.5, 0.6) is 0 Å². The SMILES string of the molecule is CC1CC(O)(Cc2ccc(Cl)c(F)c2)CCN1C. The average molecular weight is 272 g/mol. The van der Waals surface area contributed by atoms with Crippen LogP contribution in [0.25, 0.3) is 0 Å². The van der Waals surface area contributed by atoms with E-state index in [0.717, 1.165) is 18.5 Å². The molecule has 1 saturated heterocycles. The van der Waals surface area contributed by atoms with Crippen LogP contribution >= 0.6 is 11.6 Å². The normalized spacial score (nSPS) is 29.5. The number of aliphatic hydroxyl groups is 1. The first-order chi connectivity index (χ1) is 8.39. The molecule has 0 aromatic heterocycles. The van der Waals surface area contributed by atoms with Gasteiger partial charge in [-0.1, -0.05) is 17.7 Å². The summed E-state index contributed by atoms with van der Waals surface area (Å²) >= 11 is 5.66. The monoisotopic (exact) mass is 271 g/mol. The molecular weight excluding hydrogens is 253 g/mol. The van der Waals surface area contributed by atoms with Gasteiger partial charge >= 0.3 is 0 Å². The first kappa shape index (κ1) is 13.8. The van der Waals surface area contributed by atoms with Gasteiger partial charge in [0, 0.05) is 19.0 Å². The van der Waals surface area contributed by atoms with E-state index in [1.165, 1.54) is 6.07 Å². The van der Waals surface area contributed by atoms with E-state index in [2.05, 4.69) is 18.9 Å². The molecule has 1 aromatic carbocycles. The van der Waals surface area contributed by atoms with Crippen molar-refractivity contribution in [2.24, 2.45) is 0 Å². The minimum absolute atomic E-state index is 0.127. The molecule has 1 N–H and O–H groups in total. The molecule has 1 aliphatic heterocycles. The summed E-state index contributed by atoms with van der Waals surface area (Å²) in [7, 11) is 2.06. The van der Waals surface area contributed by atoms with Gasteiger partial charge in [0.25, 0.3) is 0 Å². The predicted octanol–water partition coefficient (Wildman–Crippen LogP) is 2.87. The van der Waals surface area contributed by atoms with Crippen molar-refractivity contribution < 1.29 is 9.50 Å². The maximum Gasteiger partial charge on any atom is 0.142 e. The summed E-state index contributed by atoms with van der Waals surface area (Å²) in [5.41, 5.74) is 0.0720. The molecule has 0 amide bonds. The number of nitrogens with zero attached hydrogens (tertiary/aromatic N) is 1. The summed E-state index contributed by atoms with van der Waals surface area (Å²) in [4.78, 5) is 2.23. The van der Waals surface area contributed by atoms with Gasteiger partial charge in [-0.05, 0) is 44.5 Å². The summed E-state index contributed by atoms with van der Waals surface area (Å²) in [6, 6.07) is 5.10. The predicted molar refractivity (Wildman–Crippen MR) is 71.4 cm³/mol. The van der Waals surface area contributed by atoms with E-state index < -0.39 is 11.4 Å². The summed E-state index contributed by atoms with van der Waals surface area (Å²) in [5, 5.41) is 10.7. The maximum atomic E-state index is 13.4. The van der Waals surface area contributed by atoms with Crippen molar-refractivity contribution in [1.82, 2.24) is 4.90 Å². The van der Waals surface area contributed by atoms with Crippen molar-refractivity contribution in [1.29, 1.82) is 0 Å². The van der Waals surface area contributed by atoms with Crippen molar-refractivity contribution in [2.45, 2.75) is 37.8 Å². The van der Waals surface area contributed by atoms with E-state index in [0.29, 0.717) is 18.9 Å². The van der Waals surface area contributed by atoms with Crippen LogP contribution in [-0.2, 0) is 6.42 Å². The zero-order valence-corrected chi connectivity index (χ0v) is 11.5. The van der Waals surface area contributed by atoms with Crippen LogP contribution in [0.1, 0.15) is 25.3 Å². The molecule has 0 saturated carbocycles. The fraction of sp³-hybridized carbons (Fsp3) is 0.571. The molecule has 0 aliphatic carbocycles. The van der Waals surface area contributed by atoms with Gasteiger partial charge in [0.15, 0.2) is 0 Å². The van der Waals surface area contributed by atoms with Crippen LogP contribution < -0.4 is 0 Å². The fourth-order valence-corrected chi connectivity index (χ4v) is 2.72. The molecular formula is C14H19ClFNO. The molecule has 1 fully saturated rings. The highest BCUT2D eigenvalue weighted by Gasteiger charge is 2.35. The van der Waals surface area contributed by atoms with E-state index in [1.807, 2.05) is 0 Å². The van der Waals surface area contributed by atoms with E-state index in [-0.39, 0.29) is 5.02 Å². The molecule has 0 spiro atoms. The Hall–Kier alpha value is -0.640. The minimum atomic E-state index is -0.730. The second-order valence-corrected chi connectivity index (χ2v) is 5.84. The van der Waals surface area contributed by atoms with E-state index >= 15 is 0 Å². The highest BCUT2D eigenvalue weighted by Crippen LogP contribution is 2.30. The van der Waals surface area contributed by atoms with Gasteiger partial charge in [-0.2, -0.15) is 0 Å². The molecule has 4 heteroatoms. The van der Waals surface area contributed by atoms with Crippen molar-refractivity contribution in [3.05, 3.63) is 34.6 Å². The Morgan fingerprint density at radius 2 is 2.28 bits per heavy atom. The molecule has 2 nitrogen and oxygen atoms in total. The van der Waals surface area contributed by atoms with Crippen LogP contribution in [0.4, 0.5) is 4.39 Å². The number of likely N-dealkylation sites (tertiary alicyclic amines) is 1. The molecule has 1 heterocycles. The van der Waals surface area contributed by atoms with Crippen LogP contribution in [0, 0.1) is 5.82 Å². The molecule has 0 radical (unpaired) electrons. The van der Waals surface area contributed by atoms with Crippen LogP contribution in [-0.4, -0.2) is 35.2 Å². The highest BCUT2D eigenvalue weighted by atomic mass is 35.5. The summed E-state index contributed by atoms with van der Waals surface area (Å²) in [6.07, 6.45) is 1.92. The van der Waals surface area contributed by atoms with Crippen LogP contribution in [0.3, 0.4) is 0 Å². The van der Waals surface area contributed by atoms with Crippen molar-refractivity contribution in [3.63, 3.8) is 0 Å². The Morgan fingerprint density at radius 3 is 2.89 bits per heavy atom. The summed E-state index contributed by atoms with van der Waals surface area (Å²) < 4.78 is 13.4. The second-order valence-electron chi connectivity index (χ2n) is 5.43. The average Bonchev–Trinajstić information content (AvgIpc) is 2.29. The van der Waals surface area contributed by atoms with Crippen molar-refractivity contribution in [3.8, 4) is 0 Å². The highest BCUT2D eigenvalue weighted by molar-refractivity contribution is 6.30. The van der Waals surface area contributed by atoms with Gasteiger partial charge in [0.1, 0.15) is 5.82 Å². The van der Waals surface area contributed by atoms with Gasteiger partial charge in [0.2, 0.25) is 0 Å². The first-order valence-corrected chi connectivity index (χ1v) is 6.64. The van der Waals surface area contributed by atoms with E-state index in [9.17, 15) is 9.50 Å². The van der Waals surface area contributed by atoms with Crippen LogP contribution in [0.2, 0.25) is 5.02 Å². The Balaban J connectivity index is 2.10. The summed E-state index contributed by atoms with van der Waals surface area (Å²) in [6.45, 7) is 2.97. The lowest BCUT2D eigenvalue weighted by Crippen LogP contribution is -2.48. The third kappa shape index (κ3) is 3.02. The Kier molecular flexibility index (Phi) is 3.95. The number of hydrogen-bond acceptors (Lipinski definition) is 2. The number of rotatable bonds is 2. The van der Waals surface area contributed by atoms with E-state index in [4.69, 9.17) is 11.6 Å². The Labute approximate surface area is 112 Å². The topological polar surface area (TPSA) is 23.5 Å². The van der Waals surface area contributed by atoms with Gasteiger partial charge in [-0.3, -0.25) is 0 Å². The molecule has 2 atom stereocenters. The molecule has 1 aliphatic rings. The zero-order chi connectivity index (χ0) is 13.3. The van der Waals surface area contributed by atoms with Gasteiger partial charge < -0.3 is 10.0 Å². The van der Waals surface area contributed by atoms with E-state index in [1.54, 1.807) is 12.1 Å². The zero-order valence-electron chi connectivity index (χ0n) is 10.8. The third-order valence-electron chi connectivity index (χ3n) is 3.87. The lowest BCUT2D eigenvalue weighted by molar-refractivity contribution is -0.0353. The number of piperidine rings is 1. The molecule has 100 valence electrons. The lowest BCUT2D eigenvalue weighted by atomic mass is 9.82. The third-order valence-corrected chi connectivity index (χ3v) is 4.18. The van der Waals surface area contributed by atoms with Gasteiger partial charge in [-0.25, -0.2) is 4.39 Å². The first-order valence-electron chi connectivity index (χ1n) is 6.26. The van der Waals surface area contributed by atoms with Crippen molar-refractivity contribution >= 4 is 11.6 Å². The quantitative estimate of drug-likeness (QED) is 0.894. The van der Waals surface area contributed by atoms with Crippen molar-refractivity contribution in [2.75, 3.05) is 13.6 Å². The fourth-order valence-electron chi connectivity index (χ4n) is 2.60. The standard InChI is InChI=1S/C14H19ClFNO/c1-10-8-14(18,5-6-17(10)2)9-11-3-4-12(15)13(16)7-11/h3-4,7,10,18H,5-6,8-9H2,1-2H3. The van der Waals surface area contributed by atoms with Gasteiger partial charge in [-0.15, -0.1) is 0 Å².